The molecule has 0 aliphatic heterocycles. The molecule has 0 atom stereocenters. The lowest BCUT2D eigenvalue weighted by Gasteiger charge is -2.21. The molecule has 1 aromatic heterocycles. The zero-order valence-corrected chi connectivity index (χ0v) is 12.0. The van der Waals surface area contributed by atoms with Crippen LogP contribution in [-0.4, -0.2) is 47.1 Å². The molecule has 112 valence electrons. The molecule has 0 saturated carbocycles. The summed E-state index contributed by atoms with van der Waals surface area (Å²) < 4.78 is 14.3. The lowest BCUT2D eigenvalue weighted by atomic mass is 10.2. The highest BCUT2D eigenvalue weighted by atomic mass is 19.1. The van der Waals surface area contributed by atoms with E-state index in [2.05, 4.69) is 10.3 Å². The number of rotatable bonds is 8. The number of aromatic nitrogens is 1. The van der Waals surface area contributed by atoms with E-state index in [-0.39, 0.29) is 24.5 Å². The smallest absolute Gasteiger partial charge is 0.257 e. The second-order valence-corrected chi connectivity index (χ2v) is 4.46. The van der Waals surface area contributed by atoms with Crippen LogP contribution in [0.2, 0.25) is 0 Å². The molecule has 0 aliphatic carbocycles. The van der Waals surface area contributed by atoms with Gasteiger partial charge in [0.2, 0.25) is 0 Å². The lowest BCUT2D eigenvalue weighted by Crippen LogP contribution is -2.35. The maximum atomic E-state index is 14.3. The second kappa shape index (κ2) is 8.47. The zero-order chi connectivity index (χ0) is 15.0. The molecule has 2 N–H and O–H groups in total. The molecule has 5 nitrogen and oxygen atoms in total. The lowest BCUT2D eigenvalue weighted by molar-refractivity contribution is 0.0717. The first-order chi connectivity index (χ1) is 9.65. The van der Waals surface area contributed by atoms with Crippen LogP contribution in [0.4, 0.5) is 10.2 Å². The van der Waals surface area contributed by atoms with Gasteiger partial charge in [-0.2, -0.15) is 0 Å². The van der Waals surface area contributed by atoms with Gasteiger partial charge in [-0.3, -0.25) is 4.79 Å². The summed E-state index contributed by atoms with van der Waals surface area (Å²) in [6.07, 6.45) is 3.00. The van der Waals surface area contributed by atoms with Crippen LogP contribution in [0.5, 0.6) is 0 Å². The van der Waals surface area contributed by atoms with E-state index in [1.807, 2.05) is 13.8 Å². The Kier molecular flexibility index (Phi) is 6.93. The largest absolute Gasteiger partial charge is 0.395 e. The van der Waals surface area contributed by atoms with Crippen LogP contribution < -0.4 is 5.32 Å². The Morgan fingerprint density at radius 2 is 2.15 bits per heavy atom. The van der Waals surface area contributed by atoms with Gasteiger partial charge in [-0.1, -0.05) is 13.8 Å². The summed E-state index contributed by atoms with van der Waals surface area (Å²) in [5, 5.41) is 11.8. The van der Waals surface area contributed by atoms with Crippen molar-refractivity contribution in [1.82, 2.24) is 9.88 Å². The van der Waals surface area contributed by atoms with Crippen LogP contribution in [0.15, 0.2) is 12.3 Å². The molecule has 1 rings (SSSR count). The van der Waals surface area contributed by atoms with Crippen LogP contribution in [0, 0.1) is 5.82 Å². The average Bonchev–Trinajstić information content (AvgIpc) is 2.45. The highest BCUT2D eigenvalue weighted by Gasteiger charge is 2.20. The number of aliphatic hydroxyl groups is 1. The number of hydrogen-bond acceptors (Lipinski definition) is 4. The summed E-state index contributed by atoms with van der Waals surface area (Å²) >= 11 is 0. The molecular formula is C14H22FN3O2. The van der Waals surface area contributed by atoms with Gasteiger partial charge in [0.15, 0.2) is 11.6 Å². The van der Waals surface area contributed by atoms with E-state index in [0.29, 0.717) is 13.1 Å². The van der Waals surface area contributed by atoms with Gasteiger partial charge in [0, 0.05) is 25.8 Å². The molecule has 0 radical (unpaired) electrons. The Balaban J connectivity index is 2.96. The predicted octanol–water partition coefficient (Wildman–Crippen LogP) is 1.89. The third-order valence-corrected chi connectivity index (χ3v) is 2.81. The number of carbonyl (C=O) groups is 1. The van der Waals surface area contributed by atoms with Crippen molar-refractivity contribution in [2.24, 2.45) is 0 Å². The Bertz CT molecular complexity index is 434. The zero-order valence-electron chi connectivity index (χ0n) is 12.0. The molecule has 1 amide bonds. The van der Waals surface area contributed by atoms with E-state index < -0.39 is 11.7 Å². The molecule has 0 aromatic carbocycles. The van der Waals surface area contributed by atoms with Crippen LogP contribution in [0.25, 0.3) is 0 Å². The number of amides is 1. The van der Waals surface area contributed by atoms with Crippen LogP contribution >= 0.6 is 0 Å². The predicted molar refractivity (Wildman–Crippen MR) is 76.3 cm³/mol. The summed E-state index contributed by atoms with van der Waals surface area (Å²) in [6, 6.07) is 1.37. The highest BCUT2D eigenvalue weighted by Crippen LogP contribution is 2.17. The molecule has 6 heteroatoms. The summed E-state index contributed by atoms with van der Waals surface area (Å²) in [5.41, 5.74) is -0.0134. The van der Waals surface area contributed by atoms with Crippen molar-refractivity contribution in [3.8, 4) is 0 Å². The normalized spacial score (nSPS) is 10.4. The van der Waals surface area contributed by atoms with E-state index in [1.165, 1.54) is 17.2 Å². The number of hydrogen-bond donors (Lipinski definition) is 2. The summed E-state index contributed by atoms with van der Waals surface area (Å²) in [5.74, 6) is -0.955. The van der Waals surface area contributed by atoms with Gasteiger partial charge in [-0.25, -0.2) is 9.37 Å². The van der Waals surface area contributed by atoms with Gasteiger partial charge < -0.3 is 15.3 Å². The van der Waals surface area contributed by atoms with Crippen molar-refractivity contribution < 1.29 is 14.3 Å². The fourth-order valence-corrected chi connectivity index (χ4v) is 1.85. The molecule has 0 unspecified atom stereocenters. The van der Waals surface area contributed by atoms with E-state index in [9.17, 15) is 9.18 Å². The standard InChI is InChI=1S/C14H22FN3O2/c1-3-6-16-13-12(15)11(5-7-17-13)14(20)18(8-4-2)9-10-19/h5,7,19H,3-4,6,8-10H2,1-2H3,(H,16,17). The average molecular weight is 283 g/mol. The SMILES string of the molecule is CCCNc1nccc(C(=O)N(CCC)CCO)c1F. The second-order valence-electron chi connectivity index (χ2n) is 4.46. The molecule has 1 aromatic rings. The molecule has 0 fully saturated rings. The van der Waals surface area contributed by atoms with Crippen LogP contribution in [-0.2, 0) is 0 Å². The van der Waals surface area contributed by atoms with Gasteiger partial charge >= 0.3 is 0 Å². The number of nitrogens with one attached hydrogen (secondary N) is 1. The first-order valence-corrected chi connectivity index (χ1v) is 6.94. The molecule has 20 heavy (non-hydrogen) atoms. The number of nitrogens with zero attached hydrogens (tertiary/aromatic N) is 2. The fourth-order valence-electron chi connectivity index (χ4n) is 1.85. The van der Waals surface area contributed by atoms with E-state index in [4.69, 9.17) is 5.11 Å². The summed E-state index contributed by atoms with van der Waals surface area (Å²) in [4.78, 5) is 17.6. The van der Waals surface area contributed by atoms with E-state index in [1.54, 1.807) is 0 Å². The Hall–Kier alpha value is -1.69. The minimum absolute atomic E-state index is 0.0134. The molecular weight excluding hydrogens is 261 g/mol. The van der Waals surface area contributed by atoms with Crippen molar-refractivity contribution in [2.45, 2.75) is 26.7 Å². The fraction of sp³-hybridized carbons (Fsp3) is 0.571. The van der Waals surface area contributed by atoms with Gasteiger partial charge in [-0.15, -0.1) is 0 Å². The molecule has 0 spiro atoms. The van der Waals surface area contributed by atoms with Gasteiger partial charge in [-0.05, 0) is 18.9 Å². The van der Waals surface area contributed by atoms with Crippen LogP contribution in [0.3, 0.4) is 0 Å². The maximum Gasteiger partial charge on any atom is 0.257 e. The maximum absolute atomic E-state index is 14.3. The quantitative estimate of drug-likeness (QED) is 0.764. The minimum atomic E-state index is -0.634. The van der Waals surface area contributed by atoms with Crippen molar-refractivity contribution >= 4 is 11.7 Å². The molecule has 0 bridgehead atoms. The van der Waals surface area contributed by atoms with Gasteiger partial charge in [0.25, 0.3) is 5.91 Å². The third kappa shape index (κ3) is 4.16. The van der Waals surface area contributed by atoms with Gasteiger partial charge in [0.1, 0.15) is 0 Å². The monoisotopic (exact) mass is 283 g/mol. The van der Waals surface area contributed by atoms with Crippen molar-refractivity contribution in [2.75, 3.05) is 31.6 Å². The number of carbonyl (C=O) groups excluding carboxylic acids is 1. The number of anilines is 1. The van der Waals surface area contributed by atoms with Gasteiger partial charge in [0.05, 0.1) is 12.2 Å². The molecule has 1 heterocycles. The van der Waals surface area contributed by atoms with E-state index >= 15 is 0 Å². The Morgan fingerprint density at radius 3 is 2.75 bits per heavy atom. The number of aliphatic hydroxyl groups excluding tert-OH is 1. The number of halogens is 1. The molecule has 0 aliphatic rings. The van der Waals surface area contributed by atoms with E-state index in [0.717, 1.165) is 12.8 Å². The number of pyridine rings is 1. The van der Waals surface area contributed by atoms with Crippen molar-refractivity contribution in [3.63, 3.8) is 0 Å². The topological polar surface area (TPSA) is 65.5 Å². The Labute approximate surface area is 118 Å². The summed E-state index contributed by atoms with van der Waals surface area (Å²) in [6.45, 7) is 5.03. The third-order valence-electron chi connectivity index (χ3n) is 2.81. The van der Waals surface area contributed by atoms with Crippen LogP contribution in [0.1, 0.15) is 37.0 Å². The van der Waals surface area contributed by atoms with Crippen molar-refractivity contribution in [3.05, 3.63) is 23.6 Å². The highest BCUT2D eigenvalue weighted by molar-refractivity contribution is 5.95. The molecule has 0 saturated heterocycles. The minimum Gasteiger partial charge on any atom is -0.395 e. The summed E-state index contributed by atoms with van der Waals surface area (Å²) in [7, 11) is 0. The first-order valence-electron chi connectivity index (χ1n) is 6.94. The Morgan fingerprint density at radius 1 is 1.40 bits per heavy atom. The first kappa shape index (κ1) is 16.4. The van der Waals surface area contributed by atoms with Crippen molar-refractivity contribution in [1.29, 1.82) is 0 Å².